The number of benzene rings is 3. The second kappa shape index (κ2) is 14.0. The summed E-state index contributed by atoms with van der Waals surface area (Å²) in [4.78, 5) is 29.2. The maximum Gasteiger partial charge on any atom is 0.261 e. The Kier molecular flexibility index (Phi) is 10.3. The number of rotatable bonds is 12. The lowest BCUT2D eigenvalue weighted by molar-refractivity contribution is -0.143. The zero-order valence-electron chi connectivity index (χ0n) is 22.4. The number of nitrogens with zero attached hydrogens (tertiary/aromatic N) is 1. The number of amides is 2. The maximum atomic E-state index is 13.8. The van der Waals surface area contributed by atoms with Crippen LogP contribution in [0.3, 0.4) is 0 Å². The predicted molar refractivity (Wildman–Crippen MR) is 154 cm³/mol. The Morgan fingerprint density at radius 3 is 2.13 bits per heavy atom. The molecule has 0 spiro atoms. The topological polar surface area (TPSA) is 77.1 Å². The third kappa shape index (κ3) is 8.23. The van der Waals surface area contributed by atoms with Crippen LogP contribution in [0.4, 0.5) is 0 Å². The van der Waals surface area contributed by atoms with E-state index in [0.29, 0.717) is 23.7 Å². The number of halogens is 1. The number of hydrogen-bond acceptors (Lipinski definition) is 5. The summed E-state index contributed by atoms with van der Waals surface area (Å²) in [6.45, 7) is 0.0291. The predicted octanol–water partition coefficient (Wildman–Crippen LogP) is 5.54. The van der Waals surface area contributed by atoms with Gasteiger partial charge in [0, 0.05) is 41.7 Å². The van der Waals surface area contributed by atoms with Crippen LogP contribution < -0.4 is 19.5 Å². The Morgan fingerprint density at radius 2 is 1.51 bits per heavy atom. The van der Waals surface area contributed by atoms with Gasteiger partial charge in [0.1, 0.15) is 23.3 Å². The van der Waals surface area contributed by atoms with Crippen molar-refractivity contribution in [1.82, 2.24) is 10.2 Å². The summed E-state index contributed by atoms with van der Waals surface area (Å²) < 4.78 is 17.5. The van der Waals surface area contributed by atoms with Gasteiger partial charge in [0.15, 0.2) is 6.61 Å². The van der Waals surface area contributed by atoms with Gasteiger partial charge in [0.25, 0.3) is 5.91 Å². The van der Waals surface area contributed by atoms with Gasteiger partial charge in [0.2, 0.25) is 5.91 Å². The molecule has 0 aromatic heterocycles. The van der Waals surface area contributed by atoms with Crippen LogP contribution in [0, 0.1) is 0 Å². The van der Waals surface area contributed by atoms with E-state index in [1.54, 1.807) is 37.3 Å². The normalized spacial score (nSPS) is 13.9. The molecular weight excluding hydrogens is 560 g/mol. The second-order valence-electron chi connectivity index (χ2n) is 9.68. The third-order valence-corrected chi connectivity index (χ3v) is 7.45. The summed E-state index contributed by atoms with van der Waals surface area (Å²) in [5.41, 5.74) is 1.90. The van der Waals surface area contributed by atoms with Crippen LogP contribution in [0.25, 0.3) is 0 Å². The van der Waals surface area contributed by atoms with Crippen LogP contribution in [-0.4, -0.2) is 49.6 Å². The van der Waals surface area contributed by atoms with Gasteiger partial charge in [-0.15, -0.1) is 0 Å². The molecular formula is C31H35BrN2O5. The fourth-order valence-electron chi connectivity index (χ4n) is 4.80. The fraction of sp³-hybridized carbons (Fsp3) is 0.355. The van der Waals surface area contributed by atoms with Crippen molar-refractivity contribution in [2.75, 3.05) is 20.8 Å². The zero-order chi connectivity index (χ0) is 27.6. The maximum absolute atomic E-state index is 13.8. The van der Waals surface area contributed by atoms with Crippen LogP contribution in [0.2, 0.25) is 0 Å². The van der Waals surface area contributed by atoms with Crippen LogP contribution in [0.5, 0.6) is 17.2 Å². The molecule has 1 N–H and O–H groups in total. The average molecular weight is 596 g/mol. The number of nitrogens with one attached hydrogen (secondary N) is 1. The summed E-state index contributed by atoms with van der Waals surface area (Å²) in [5, 5.41) is 3.22. The van der Waals surface area contributed by atoms with E-state index in [9.17, 15) is 9.59 Å². The van der Waals surface area contributed by atoms with Crippen LogP contribution in [-0.2, 0) is 22.6 Å². The first-order valence-corrected chi connectivity index (χ1v) is 14.0. The molecule has 1 unspecified atom stereocenters. The van der Waals surface area contributed by atoms with E-state index < -0.39 is 6.04 Å². The highest BCUT2D eigenvalue weighted by molar-refractivity contribution is 9.10. The molecule has 39 heavy (non-hydrogen) atoms. The molecule has 0 radical (unpaired) electrons. The van der Waals surface area contributed by atoms with Crippen molar-refractivity contribution in [2.24, 2.45) is 0 Å². The van der Waals surface area contributed by atoms with Crippen molar-refractivity contribution in [3.63, 3.8) is 0 Å². The van der Waals surface area contributed by atoms with Gasteiger partial charge in [-0.05, 0) is 36.1 Å². The monoisotopic (exact) mass is 594 g/mol. The third-order valence-electron chi connectivity index (χ3n) is 6.93. The summed E-state index contributed by atoms with van der Waals surface area (Å²) in [6.07, 6.45) is 4.53. The molecule has 2 amide bonds. The summed E-state index contributed by atoms with van der Waals surface area (Å²) in [6, 6.07) is 22.1. The lowest BCUT2D eigenvalue weighted by Gasteiger charge is -2.32. The van der Waals surface area contributed by atoms with Crippen LogP contribution in [0.15, 0.2) is 77.3 Å². The first kappa shape index (κ1) is 28.5. The van der Waals surface area contributed by atoms with Crippen molar-refractivity contribution < 1.29 is 23.8 Å². The minimum Gasteiger partial charge on any atom is -0.496 e. The molecule has 1 atom stereocenters. The molecule has 1 fully saturated rings. The highest BCUT2D eigenvalue weighted by Crippen LogP contribution is 2.28. The Labute approximate surface area is 238 Å². The Balaban J connectivity index is 1.61. The van der Waals surface area contributed by atoms with Crippen molar-refractivity contribution in [3.05, 3.63) is 88.4 Å². The second-order valence-corrected chi connectivity index (χ2v) is 10.6. The van der Waals surface area contributed by atoms with E-state index in [0.717, 1.165) is 41.3 Å². The number of methoxy groups -OCH3 is 2. The van der Waals surface area contributed by atoms with Gasteiger partial charge >= 0.3 is 0 Å². The lowest BCUT2D eigenvalue weighted by Crippen LogP contribution is -2.53. The molecule has 7 nitrogen and oxygen atoms in total. The SMILES string of the molecule is COc1cc(OC)cc(OCC(=O)N(Cc2ccc(Br)cc2)C(Cc2ccccc2)C(=O)NC2CCCC2)c1. The van der Waals surface area contributed by atoms with Crippen molar-refractivity contribution >= 4 is 27.7 Å². The van der Waals surface area contributed by atoms with Gasteiger partial charge in [-0.3, -0.25) is 9.59 Å². The van der Waals surface area contributed by atoms with Crippen LogP contribution >= 0.6 is 15.9 Å². The quantitative estimate of drug-likeness (QED) is 0.298. The van der Waals surface area contributed by atoms with E-state index in [4.69, 9.17) is 14.2 Å². The molecule has 206 valence electrons. The number of ether oxygens (including phenoxy) is 3. The van der Waals surface area contributed by atoms with E-state index in [1.165, 1.54) is 0 Å². The van der Waals surface area contributed by atoms with Gasteiger partial charge in [0.05, 0.1) is 14.2 Å². The number of carbonyl (C=O) groups is 2. The Morgan fingerprint density at radius 1 is 0.897 bits per heavy atom. The lowest BCUT2D eigenvalue weighted by atomic mass is 10.0. The summed E-state index contributed by atoms with van der Waals surface area (Å²) >= 11 is 3.47. The fourth-order valence-corrected chi connectivity index (χ4v) is 5.06. The highest BCUT2D eigenvalue weighted by Gasteiger charge is 2.32. The highest BCUT2D eigenvalue weighted by atomic mass is 79.9. The molecule has 4 rings (SSSR count). The molecule has 1 saturated carbocycles. The smallest absolute Gasteiger partial charge is 0.261 e. The van der Waals surface area contributed by atoms with Gasteiger partial charge in [-0.1, -0.05) is 71.2 Å². The van der Waals surface area contributed by atoms with Crippen molar-refractivity contribution in [1.29, 1.82) is 0 Å². The summed E-state index contributed by atoms with van der Waals surface area (Å²) in [7, 11) is 3.11. The Hall–Kier alpha value is -3.52. The molecule has 8 heteroatoms. The van der Waals surface area contributed by atoms with E-state index in [-0.39, 0.29) is 31.0 Å². The average Bonchev–Trinajstić information content (AvgIpc) is 3.48. The molecule has 0 saturated heterocycles. The standard InChI is InChI=1S/C31H35BrN2O5/c1-37-26-17-27(38-2)19-28(18-26)39-21-30(35)34(20-23-12-14-24(32)15-13-23)29(16-22-8-4-3-5-9-22)31(36)33-25-10-6-7-11-25/h3-5,8-9,12-15,17-19,25,29H,6-7,10-11,16,20-21H2,1-2H3,(H,33,36). The molecule has 1 aliphatic rings. The molecule has 1 aliphatic carbocycles. The minimum absolute atomic E-state index is 0.140. The van der Waals surface area contributed by atoms with Crippen LogP contribution in [0.1, 0.15) is 36.8 Å². The van der Waals surface area contributed by atoms with E-state index >= 15 is 0 Å². The molecule has 0 heterocycles. The number of carbonyl (C=O) groups excluding carboxylic acids is 2. The van der Waals surface area contributed by atoms with Gasteiger partial charge in [-0.25, -0.2) is 0 Å². The molecule has 3 aromatic rings. The summed E-state index contributed by atoms with van der Waals surface area (Å²) in [5.74, 6) is 1.13. The molecule has 0 aliphatic heterocycles. The number of hydrogen-bond donors (Lipinski definition) is 1. The first-order valence-electron chi connectivity index (χ1n) is 13.2. The van der Waals surface area contributed by atoms with E-state index in [1.807, 2.05) is 54.6 Å². The minimum atomic E-state index is -0.701. The largest absolute Gasteiger partial charge is 0.496 e. The van der Waals surface area contributed by atoms with Crippen molar-refractivity contribution in [3.8, 4) is 17.2 Å². The molecule has 0 bridgehead atoms. The van der Waals surface area contributed by atoms with Gasteiger partial charge in [-0.2, -0.15) is 0 Å². The Bertz CT molecular complexity index is 1210. The van der Waals surface area contributed by atoms with Gasteiger partial charge < -0.3 is 24.4 Å². The zero-order valence-corrected chi connectivity index (χ0v) is 24.0. The first-order chi connectivity index (χ1) is 18.9. The van der Waals surface area contributed by atoms with E-state index in [2.05, 4.69) is 21.2 Å². The van der Waals surface area contributed by atoms with Crippen molar-refractivity contribution in [2.45, 2.75) is 50.7 Å². The molecule has 3 aromatic carbocycles.